The number of allylic oxidation sites excluding steroid dienone is 5. The maximum atomic E-state index is 13.0. The minimum Gasteiger partial charge on any atom is -0.394 e. The summed E-state index contributed by atoms with van der Waals surface area (Å²) in [6.45, 7) is 1.43. The van der Waals surface area contributed by atoms with Crippen LogP contribution in [0.3, 0.4) is 0 Å². The molecule has 360 valence electrons. The van der Waals surface area contributed by atoms with E-state index in [-0.39, 0.29) is 18.9 Å². The van der Waals surface area contributed by atoms with Gasteiger partial charge in [0, 0.05) is 6.42 Å². The van der Waals surface area contributed by atoms with Gasteiger partial charge in [0.15, 0.2) is 18.9 Å². The van der Waals surface area contributed by atoms with Crippen LogP contribution in [0.25, 0.3) is 0 Å². The number of aliphatic hydroxyl groups is 11. The third-order valence-electron chi connectivity index (χ3n) is 11.2. The molecule has 19 heteroatoms. The summed E-state index contributed by atoms with van der Waals surface area (Å²) in [6, 6.07) is -0.987. The minimum atomic E-state index is -1.98. The zero-order valence-electron chi connectivity index (χ0n) is 36.1. The average molecular weight is 894 g/mol. The molecule has 0 aliphatic carbocycles. The number of amides is 1. The molecule has 0 aromatic heterocycles. The van der Waals surface area contributed by atoms with Crippen molar-refractivity contribution in [2.24, 2.45) is 0 Å². The molecule has 17 unspecified atom stereocenters. The van der Waals surface area contributed by atoms with Crippen LogP contribution in [0.5, 0.6) is 0 Å². The SMILES string of the molecule is CC/C=C/CC/C=C/CC/C=C/C(O)C(COC1OC(CO)C(OC2OC(CO)C(OC3OC(CO)C(O)C(O)C3O)C(O)C2O)C(O)C1O)NC(=O)CCCCCCCCC. The number of hydrogen-bond acceptors (Lipinski definition) is 18. The molecule has 0 radical (unpaired) electrons. The zero-order valence-corrected chi connectivity index (χ0v) is 36.1. The number of carbonyl (C=O) groups is 1. The zero-order chi connectivity index (χ0) is 45.6. The summed E-state index contributed by atoms with van der Waals surface area (Å²) in [7, 11) is 0. The second kappa shape index (κ2) is 29.5. The Labute approximate surface area is 364 Å². The number of nitrogens with one attached hydrogen (secondary N) is 1. The van der Waals surface area contributed by atoms with Crippen LogP contribution in [-0.2, 0) is 33.2 Å². The molecule has 3 heterocycles. The average Bonchev–Trinajstić information content (AvgIpc) is 3.26. The fourth-order valence-corrected chi connectivity index (χ4v) is 7.40. The van der Waals surface area contributed by atoms with Gasteiger partial charge in [0.05, 0.1) is 38.6 Å². The Bertz CT molecular complexity index is 1300. The van der Waals surface area contributed by atoms with Gasteiger partial charge in [-0.05, 0) is 38.5 Å². The molecule has 62 heavy (non-hydrogen) atoms. The number of aliphatic hydroxyl groups excluding tert-OH is 11. The molecule has 0 saturated carbocycles. The second-order valence-corrected chi connectivity index (χ2v) is 16.1. The van der Waals surface area contributed by atoms with Gasteiger partial charge in [-0.1, -0.05) is 88.8 Å². The third kappa shape index (κ3) is 16.8. The summed E-state index contributed by atoms with van der Waals surface area (Å²) in [4.78, 5) is 13.0. The lowest BCUT2D eigenvalue weighted by Gasteiger charge is -2.48. The van der Waals surface area contributed by atoms with E-state index in [1.54, 1.807) is 12.2 Å². The summed E-state index contributed by atoms with van der Waals surface area (Å²) in [5.41, 5.74) is 0. The number of carbonyl (C=O) groups excluding carboxylic acids is 1. The van der Waals surface area contributed by atoms with Crippen LogP contribution in [-0.4, -0.2) is 193 Å². The predicted molar refractivity (Wildman–Crippen MR) is 222 cm³/mol. The highest BCUT2D eigenvalue weighted by Gasteiger charge is 2.53. The lowest BCUT2D eigenvalue weighted by atomic mass is 9.96. The highest BCUT2D eigenvalue weighted by atomic mass is 16.8. The van der Waals surface area contributed by atoms with Gasteiger partial charge < -0.3 is 89.9 Å². The summed E-state index contributed by atoms with van der Waals surface area (Å²) in [6.07, 6.45) is -3.47. The molecule has 0 bridgehead atoms. The smallest absolute Gasteiger partial charge is 0.220 e. The van der Waals surface area contributed by atoms with Gasteiger partial charge >= 0.3 is 0 Å². The molecule has 3 aliphatic rings. The molecule has 3 saturated heterocycles. The maximum absolute atomic E-state index is 13.0. The van der Waals surface area contributed by atoms with E-state index in [2.05, 4.69) is 43.5 Å². The minimum absolute atomic E-state index is 0.230. The molecule has 0 aromatic carbocycles. The van der Waals surface area contributed by atoms with E-state index in [9.17, 15) is 61.0 Å². The van der Waals surface area contributed by atoms with Crippen molar-refractivity contribution >= 4 is 5.91 Å². The van der Waals surface area contributed by atoms with E-state index < -0.39 is 124 Å². The number of ether oxygens (including phenoxy) is 6. The van der Waals surface area contributed by atoms with E-state index in [1.165, 1.54) is 6.42 Å². The molecule has 0 spiro atoms. The van der Waals surface area contributed by atoms with Crippen molar-refractivity contribution in [3.63, 3.8) is 0 Å². The van der Waals surface area contributed by atoms with Crippen LogP contribution in [0.4, 0.5) is 0 Å². The molecule has 19 nitrogen and oxygen atoms in total. The molecule has 1 amide bonds. The van der Waals surface area contributed by atoms with Crippen molar-refractivity contribution in [2.75, 3.05) is 26.4 Å². The van der Waals surface area contributed by atoms with Gasteiger partial charge in [-0.3, -0.25) is 4.79 Å². The first-order valence-electron chi connectivity index (χ1n) is 22.2. The van der Waals surface area contributed by atoms with Gasteiger partial charge in [-0.15, -0.1) is 0 Å². The molecular formula is C43H75NO18. The van der Waals surface area contributed by atoms with E-state index in [0.29, 0.717) is 12.8 Å². The standard InChI is InChI=1S/C43H75NO18/c1-3-5-7-9-11-12-13-15-16-18-20-27(48)26(44-31(49)21-19-17-14-10-8-6-4-2)25-57-41-37(55)34(52)39(29(23-46)59-41)62-43-38(56)35(53)40(30(24-47)60-43)61-42-36(54)33(51)32(50)28(22-45)58-42/h5,7,12-13,18,20,26-30,32-43,45-48,50-56H,3-4,6,8-11,14-17,19,21-25H2,1-2H3,(H,44,49)/b7-5+,13-12+,20-18+. The van der Waals surface area contributed by atoms with Crippen LogP contribution in [0, 0.1) is 0 Å². The van der Waals surface area contributed by atoms with Crippen LogP contribution in [0.15, 0.2) is 36.5 Å². The van der Waals surface area contributed by atoms with Crippen molar-refractivity contribution in [1.29, 1.82) is 0 Å². The number of unbranched alkanes of at least 4 members (excludes halogenated alkanes) is 8. The topological polar surface area (TPSA) is 307 Å². The first-order valence-corrected chi connectivity index (χ1v) is 22.2. The van der Waals surface area contributed by atoms with Gasteiger partial charge in [0.25, 0.3) is 0 Å². The van der Waals surface area contributed by atoms with Crippen molar-refractivity contribution in [2.45, 2.75) is 202 Å². The fraction of sp³-hybridized carbons (Fsp3) is 0.837. The number of hydrogen-bond donors (Lipinski definition) is 12. The molecule has 12 N–H and O–H groups in total. The summed E-state index contributed by atoms with van der Waals surface area (Å²) in [5.74, 6) is -0.304. The fourth-order valence-electron chi connectivity index (χ4n) is 7.40. The Morgan fingerprint density at radius 2 is 1.05 bits per heavy atom. The van der Waals surface area contributed by atoms with Gasteiger partial charge in [0.2, 0.25) is 5.91 Å². The first-order chi connectivity index (χ1) is 29.8. The van der Waals surface area contributed by atoms with E-state index in [4.69, 9.17) is 28.4 Å². The van der Waals surface area contributed by atoms with Crippen molar-refractivity contribution in [1.82, 2.24) is 5.32 Å². The maximum Gasteiger partial charge on any atom is 0.220 e. The molecule has 0 aromatic rings. The molecule has 3 fully saturated rings. The molecule has 17 atom stereocenters. The Kier molecular flexibility index (Phi) is 25.9. The quantitative estimate of drug-likeness (QED) is 0.0334. The van der Waals surface area contributed by atoms with Gasteiger partial charge in [0.1, 0.15) is 73.2 Å². The van der Waals surface area contributed by atoms with Crippen LogP contribution < -0.4 is 5.32 Å². The van der Waals surface area contributed by atoms with E-state index >= 15 is 0 Å². The largest absolute Gasteiger partial charge is 0.394 e. The Balaban J connectivity index is 1.63. The van der Waals surface area contributed by atoms with Crippen molar-refractivity contribution in [3.8, 4) is 0 Å². The first kappa shape index (κ1) is 54.3. The van der Waals surface area contributed by atoms with Crippen molar-refractivity contribution < 1.29 is 89.4 Å². The Hall–Kier alpha value is -1.99. The third-order valence-corrected chi connectivity index (χ3v) is 11.2. The van der Waals surface area contributed by atoms with Crippen LogP contribution in [0.1, 0.15) is 97.3 Å². The predicted octanol–water partition coefficient (Wildman–Crippen LogP) is -0.923. The Morgan fingerprint density at radius 1 is 0.581 bits per heavy atom. The monoisotopic (exact) mass is 893 g/mol. The summed E-state index contributed by atoms with van der Waals surface area (Å²) in [5, 5.41) is 119. The van der Waals surface area contributed by atoms with Crippen LogP contribution in [0.2, 0.25) is 0 Å². The molecular weight excluding hydrogens is 818 g/mol. The van der Waals surface area contributed by atoms with Crippen molar-refractivity contribution in [3.05, 3.63) is 36.5 Å². The highest BCUT2D eigenvalue weighted by molar-refractivity contribution is 5.76. The summed E-state index contributed by atoms with van der Waals surface area (Å²) >= 11 is 0. The molecule has 3 aliphatic heterocycles. The normalized spacial score (nSPS) is 35.5. The second-order valence-electron chi connectivity index (χ2n) is 16.1. The lowest BCUT2D eigenvalue weighted by Crippen LogP contribution is -2.66. The van der Waals surface area contributed by atoms with Gasteiger partial charge in [-0.2, -0.15) is 0 Å². The highest BCUT2D eigenvalue weighted by Crippen LogP contribution is 2.33. The Morgan fingerprint density at radius 3 is 1.60 bits per heavy atom. The molecule has 3 rings (SSSR count). The summed E-state index contributed by atoms with van der Waals surface area (Å²) < 4.78 is 33.9. The number of rotatable bonds is 28. The van der Waals surface area contributed by atoms with E-state index in [0.717, 1.165) is 57.8 Å². The van der Waals surface area contributed by atoms with Crippen LogP contribution >= 0.6 is 0 Å². The van der Waals surface area contributed by atoms with Gasteiger partial charge in [-0.25, -0.2) is 0 Å². The van der Waals surface area contributed by atoms with E-state index in [1.807, 2.05) is 0 Å². The lowest BCUT2D eigenvalue weighted by molar-refractivity contribution is -0.379.